The minimum atomic E-state index is -1.20. The summed E-state index contributed by atoms with van der Waals surface area (Å²) >= 11 is 0. The molecule has 2 rings (SSSR count). The molecule has 1 aromatic rings. The van der Waals surface area contributed by atoms with Crippen molar-refractivity contribution in [1.82, 2.24) is 10.2 Å². The van der Waals surface area contributed by atoms with Gasteiger partial charge in [-0.05, 0) is 12.5 Å². The molecule has 4 amide bonds. The monoisotopic (exact) mass is 247 g/mol. The molecule has 1 aliphatic rings. The van der Waals surface area contributed by atoms with Gasteiger partial charge < -0.3 is 5.73 Å². The Labute approximate surface area is 104 Å². The molecule has 3 N–H and O–H groups in total. The largest absolute Gasteiger partial charge is 0.368 e. The summed E-state index contributed by atoms with van der Waals surface area (Å²) in [6.45, 7) is 1.29. The van der Waals surface area contributed by atoms with Gasteiger partial charge in [0.25, 0.3) is 5.91 Å². The maximum Gasteiger partial charge on any atom is 0.325 e. The second kappa shape index (κ2) is 4.14. The number of carbonyl (C=O) groups is 3. The number of benzene rings is 1. The molecule has 1 aromatic carbocycles. The Morgan fingerprint density at radius 3 is 2.50 bits per heavy atom. The van der Waals surface area contributed by atoms with Crippen LogP contribution in [0.25, 0.3) is 0 Å². The standard InChI is InChI=1S/C12H13N3O3/c1-12(8-5-3-2-4-6-8)10(17)14-11(18)15(12)7-9(13)16/h2-6H,7H2,1H3,(H2,13,16)(H,14,17,18). The highest BCUT2D eigenvalue weighted by atomic mass is 16.2. The van der Waals surface area contributed by atoms with Crippen LogP contribution in [0.2, 0.25) is 0 Å². The zero-order chi connectivity index (χ0) is 13.3. The number of urea groups is 1. The molecule has 0 aromatic heterocycles. The number of nitrogens with two attached hydrogens (primary N) is 1. The van der Waals surface area contributed by atoms with Gasteiger partial charge in [-0.1, -0.05) is 30.3 Å². The molecular formula is C12H13N3O3. The van der Waals surface area contributed by atoms with Gasteiger partial charge in [-0.3, -0.25) is 19.8 Å². The number of hydrogen-bond donors (Lipinski definition) is 2. The van der Waals surface area contributed by atoms with Crippen molar-refractivity contribution < 1.29 is 14.4 Å². The van der Waals surface area contributed by atoms with Gasteiger partial charge in [-0.15, -0.1) is 0 Å². The summed E-state index contributed by atoms with van der Waals surface area (Å²) in [6, 6.07) is 8.18. The van der Waals surface area contributed by atoms with Crippen LogP contribution >= 0.6 is 0 Å². The highest BCUT2D eigenvalue weighted by Crippen LogP contribution is 2.32. The highest BCUT2D eigenvalue weighted by molar-refractivity contribution is 6.08. The Morgan fingerprint density at radius 1 is 1.33 bits per heavy atom. The molecule has 1 unspecified atom stereocenters. The maximum atomic E-state index is 12.0. The van der Waals surface area contributed by atoms with E-state index in [1.165, 1.54) is 0 Å². The number of imide groups is 1. The molecule has 1 heterocycles. The van der Waals surface area contributed by atoms with Crippen LogP contribution in [0.15, 0.2) is 30.3 Å². The molecule has 1 aliphatic heterocycles. The number of primary amides is 1. The van der Waals surface area contributed by atoms with Gasteiger partial charge in [0.2, 0.25) is 5.91 Å². The first kappa shape index (κ1) is 12.1. The quantitative estimate of drug-likeness (QED) is 0.733. The molecule has 1 atom stereocenters. The average Bonchev–Trinajstić information content (AvgIpc) is 2.55. The van der Waals surface area contributed by atoms with Crippen molar-refractivity contribution in [3.8, 4) is 0 Å². The van der Waals surface area contributed by atoms with Crippen LogP contribution in [0.1, 0.15) is 12.5 Å². The SMILES string of the molecule is CC1(c2ccccc2)C(=O)NC(=O)N1CC(N)=O. The first-order valence-corrected chi connectivity index (χ1v) is 5.43. The van der Waals surface area contributed by atoms with E-state index in [4.69, 9.17) is 5.73 Å². The molecule has 1 fully saturated rings. The molecule has 0 bridgehead atoms. The van der Waals surface area contributed by atoms with Crippen molar-refractivity contribution in [2.24, 2.45) is 5.73 Å². The zero-order valence-corrected chi connectivity index (χ0v) is 9.84. The van der Waals surface area contributed by atoms with E-state index in [2.05, 4.69) is 5.32 Å². The van der Waals surface area contributed by atoms with Crippen molar-refractivity contribution in [2.75, 3.05) is 6.54 Å². The minimum Gasteiger partial charge on any atom is -0.368 e. The molecule has 94 valence electrons. The van der Waals surface area contributed by atoms with Crippen molar-refractivity contribution >= 4 is 17.8 Å². The van der Waals surface area contributed by atoms with E-state index in [0.29, 0.717) is 5.56 Å². The van der Waals surface area contributed by atoms with Crippen molar-refractivity contribution in [2.45, 2.75) is 12.5 Å². The predicted octanol–water partition coefficient (Wildman–Crippen LogP) is -0.0611. The zero-order valence-electron chi connectivity index (χ0n) is 9.84. The molecule has 0 radical (unpaired) electrons. The van der Waals surface area contributed by atoms with Crippen LogP contribution in [-0.2, 0) is 15.1 Å². The summed E-state index contributed by atoms with van der Waals surface area (Å²) in [4.78, 5) is 35.8. The second-order valence-corrected chi connectivity index (χ2v) is 4.25. The summed E-state index contributed by atoms with van der Waals surface area (Å²) in [5.74, 6) is -1.12. The normalized spacial score (nSPS) is 23.1. The summed E-state index contributed by atoms with van der Waals surface area (Å²) in [5, 5.41) is 2.20. The second-order valence-electron chi connectivity index (χ2n) is 4.25. The van der Waals surface area contributed by atoms with Crippen LogP contribution in [0.4, 0.5) is 4.79 Å². The third kappa shape index (κ3) is 1.71. The van der Waals surface area contributed by atoms with Crippen LogP contribution in [-0.4, -0.2) is 29.3 Å². The van der Waals surface area contributed by atoms with E-state index >= 15 is 0 Å². The smallest absolute Gasteiger partial charge is 0.325 e. The molecule has 6 heteroatoms. The van der Waals surface area contributed by atoms with Crippen molar-refractivity contribution in [1.29, 1.82) is 0 Å². The van der Waals surface area contributed by atoms with Crippen molar-refractivity contribution in [3.63, 3.8) is 0 Å². The van der Waals surface area contributed by atoms with Gasteiger partial charge in [0.15, 0.2) is 0 Å². The van der Waals surface area contributed by atoms with E-state index in [-0.39, 0.29) is 6.54 Å². The third-order valence-electron chi connectivity index (χ3n) is 3.10. The van der Waals surface area contributed by atoms with E-state index in [0.717, 1.165) is 4.90 Å². The van der Waals surface area contributed by atoms with Crippen molar-refractivity contribution in [3.05, 3.63) is 35.9 Å². The minimum absolute atomic E-state index is 0.303. The number of carbonyl (C=O) groups excluding carboxylic acids is 3. The van der Waals surface area contributed by atoms with Crippen LogP contribution < -0.4 is 11.1 Å². The van der Waals surface area contributed by atoms with Gasteiger partial charge in [0, 0.05) is 0 Å². The van der Waals surface area contributed by atoms with E-state index < -0.39 is 23.4 Å². The fraction of sp³-hybridized carbons (Fsp3) is 0.250. The average molecular weight is 247 g/mol. The summed E-state index contributed by atoms with van der Waals surface area (Å²) in [6.07, 6.45) is 0. The number of nitrogens with one attached hydrogen (secondary N) is 1. The lowest BCUT2D eigenvalue weighted by molar-refractivity contribution is -0.127. The van der Waals surface area contributed by atoms with Gasteiger partial charge in [0.05, 0.1) is 0 Å². The first-order chi connectivity index (χ1) is 8.46. The summed E-state index contributed by atoms with van der Waals surface area (Å²) in [7, 11) is 0. The fourth-order valence-electron chi connectivity index (χ4n) is 2.05. The number of amides is 4. The lowest BCUT2D eigenvalue weighted by Gasteiger charge is -2.31. The van der Waals surface area contributed by atoms with Crippen LogP contribution in [0, 0.1) is 0 Å². The molecule has 0 spiro atoms. The number of rotatable bonds is 3. The molecule has 1 saturated heterocycles. The van der Waals surface area contributed by atoms with Gasteiger partial charge >= 0.3 is 6.03 Å². The number of nitrogens with zero attached hydrogens (tertiary/aromatic N) is 1. The Balaban J connectivity index is 2.47. The fourth-order valence-corrected chi connectivity index (χ4v) is 2.05. The predicted molar refractivity (Wildman–Crippen MR) is 63.2 cm³/mol. The first-order valence-electron chi connectivity index (χ1n) is 5.43. The topological polar surface area (TPSA) is 92.5 Å². The maximum absolute atomic E-state index is 12.0. The van der Waals surface area contributed by atoms with Gasteiger partial charge in [0.1, 0.15) is 12.1 Å². The Morgan fingerprint density at radius 2 is 1.94 bits per heavy atom. The Bertz CT molecular complexity index is 515. The van der Waals surface area contributed by atoms with Gasteiger partial charge in [-0.2, -0.15) is 0 Å². The molecule has 0 aliphatic carbocycles. The Kier molecular flexibility index (Phi) is 2.78. The van der Waals surface area contributed by atoms with E-state index in [1.54, 1.807) is 37.3 Å². The highest BCUT2D eigenvalue weighted by Gasteiger charge is 2.50. The van der Waals surface area contributed by atoms with E-state index in [1.807, 2.05) is 0 Å². The van der Waals surface area contributed by atoms with E-state index in [9.17, 15) is 14.4 Å². The molecule has 6 nitrogen and oxygen atoms in total. The lowest BCUT2D eigenvalue weighted by Crippen LogP contribution is -2.47. The molecule has 18 heavy (non-hydrogen) atoms. The number of hydrogen-bond acceptors (Lipinski definition) is 3. The molecular weight excluding hydrogens is 234 g/mol. The van der Waals surface area contributed by atoms with Crippen LogP contribution in [0.5, 0.6) is 0 Å². The lowest BCUT2D eigenvalue weighted by atomic mass is 9.90. The third-order valence-corrected chi connectivity index (χ3v) is 3.10. The Hall–Kier alpha value is -2.37. The van der Waals surface area contributed by atoms with Crippen LogP contribution in [0.3, 0.4) is 0 Å². The molecule has 0 saturated carbocycles. The van der Waals surface area contributed by atoms with Gasteiger partial charge in [-0.25, -0.2) is 4.79 Å². The summed E-state index contributed by atoms with van der Waals surface area (Å²) in [5.41, 5.74) is 4.54. The summed E-state index contributed by atoms with van der Waals surface area (Å²) < 4.78 is 0.